The fraction of sp³-hybridized carbons (Fsp3) is 0.591. The van der Waals surface area contributed by atoms with Crippen LogP contribution in [0.25, 0.3) is 10.9 Å². The number of aromatic amines is 1. The lowest BCUT2D eigenvalue weighted by molar-refractivity contribution is -0.724. The van der Waals surface area contributed by atoms with Gasteiger partial charge < -0.3 is 10.3 Å². The molecule has 3 nitrogen and oxygen atoms in total. The van der Waals surface area contributed by atoms with Crippen LogP contribution in [0.4, 0.5) is 0 Å². The molecule has 4 aliphatic carbocycles. The Morgan fingerprint density at radius 1 is 1.08 bits per heavy atom. The zero-order valence-electron chi connectivity index (χ0n) is 15.3. The Morgan fingerprint density at radius 3 is 2.40 bits per heavy atom. The second-order valence-electron chi connectivity index (χ2n) is 9.02. The largest absolute Gasteiger partial charge is 0.358 e. The van der Waals surface area contributed by atoms with E-state index in [-0.39, 0.29) is 6.04 Å². The smallest absolute Gasteiger partial charge is 0.221 e. The Bertz CT molecular complexity index is 793. The number of rotatable bonds is 4. The van der Waals surface area contributed by atoms with Crippen LogP contribution in [0.5, 0.6) is 0 Å². The molecule has 6 rings (SSSR count). The lowest BCUT2D eigenvalue weighted by Crippen LogP contribution is -2.99. The summed E-state index contributed by atoms with van der Waals surface area (Å²) in [6, 6.07) is 8.88. The first-order valence-electron chi connectivity index (χ1n) is 10.1. The number of carbonyl (C=O) groups is 1. The van der Waals surface area contributed by atoms with Crippen molar-refractivity contribution in [2.45, 2.75) is 58.0 Å². The van der Waals surface area contributed by atoms with Crippen LogP contribution >= 0.6 is 0 Å². The number of ketones is 1. The first kappa shape index (κ1) is 15.6. The molecule has 0 saturated heterocycles. The minimum atomic E-state index is 0.0143. The van der Waals surface area contributed by atoms with Gasteiger partial charge in [-0.15, -0.1) is 0 Å². The van der Waals surface area contributed by atoms with Crippen molar-refractivity contribution in [2.24, 2.45) is 23.7 Å². The van der Waals surface area contributed by atoms with Crippen LogP contribution in [0.3, 0.4) is 0 Å². The van der Waals surface area contributed by atoms with Gasteiger partial charge in [0.1, 0.15) is 6.04 Å². The number of fused-ring (bicyclic) bond motifs is 1. The number of aryl methyl sites for hydroxylation is 1. The lowest BCUT2D eigenvalue weighted by atomic mass is 9.54. The average molecular weight is 337 g/mol. The Balaban J connectivity index is 1.38. The van der Waals surface area contributed by atoms with Gasteiger partial charge in [-0.1, -0.05) is 18.2 Å². The Labute approximate surface area is 149 Å². The number of nitrogens with one attached hydrogen (secondary N) is 1. The monoisotopic (exact) mass is 337 g/mol. The molecule has 1 aromatic carbocycles. The van der Waals surface area contributed by atoms with Crippen LogP contribution in [0.2, 0.25) is 0 Å². The van der Waals surface area contributed by atoms with Crippen LogP contribution < -0.4 is 5.32 Å². The van der Waals surface area contributed by atoms with E-state index in [2.05, 4.69) is 29.4 Å². The zero-order chi connectivity index (χ0) is 17.1. The van der Waals surface area contributed by atoms with E-state index in [9.17, 15) is 4.79 Å². The van der Waals surface area contributed by atoms with Crippen molar-refractivity contribution < 1.29 is 10.1 Å². The third-order valence-corrected chi connectivity index (χ3v) is 7.36. The van der Waals surface area contributed by atoms with E-state index in [1.807, 2.05) is 19.1 Å². The van der Waals surface area contributed by atoms with E-state index in [0.29, 0.717) is 11.8 Å². The van der Waals surface area contributed by atoms with Crippen LogP contribution in [0.1, 0.15) is 55.1 Å². The van der Waals surface area contributed by atoms with E-state index in [4.69, 9.17) is 0 Å². The van der Waals surface area contributed by atoms with E-state index in [1.54, 1.807) is 0 Å². The summed E-state index contributed by atoms with van der Waals surface area (Å²) in [7, 11) is 0. The standard InChI is InChI=1S/C22H28N2O/c1-12-20(18-5-3-4-6-19(18)23-12)22(25)13(2)24-21-16-8-14-7-15(10-16)11-17(21)9-14/h3-6,13-17,21,23-24H,7-11H2,1-2H3/p+1/t13-,14?,15?,16?,17?,21?/m0/s1. The van der Waals surface area contributed by atoms with Gasteiger partial charge in [-0.3, -0.25) is 4.79 Å². The molecule has 3 heteroatoms. The number of hydrogen-bond donors (Lipinski definition) is 2. The normalized spacial score (nSPS) is 34.6. The number of benzene rings is 1. The number of hydrogen-bond acceptors (Lipinski definition) is 1. The van der Waals surface area contributed by atoms with Crippen molar-refractivity contribution in [3.05, 3.63) is 35.5 Å². The molecule has 0 unspecified atom stereocenters. The predicted octanol–water partition coefficient (Wildman–Crippen LogP) is 3.44. The highest BCUT2D eigenvalue weighted by molar-refractivity contribution is 6.10. The summed E-state index contributed by atoms with van der Waals surface area (Å²) in [4.78, 5) is 16.6. The van der Waals surface area contributed by atoms with Crippen LogP contribution in [-0.2, 0) is 0 Å². The summed E-state index contributed by atoms with van der Waals surface area (Å²) in [6.45, 7) is 4.15. The van der Waals surface area contributed by atoms with Gasteiger partial charge in [0, 0.05) is 28.4 Å². The summed E-state index contributed by atoms with van der Waals surface area (Å²) in [5.41, 5.74) is 2.99. The van der Waals surface area contributed by atoms with E-state index in [1.165, 1.54) is 32.1 Å². The van der Waals surface area contributed by atoms with E-state index < -0.39 is 0 Å². The maximum atomic E-state index is 13.3. The maximum absolute atomic E-state index is 13.3. The summed E-state index contributed by atoms with van der Waals surface area (Å²) in [5, 5.41) is 3.52. The Kier molecular flexibility index (Phi) is 3.56. The van der Waals surface area contributed by atoms with Gasteiger partial charge in [-0.25, -0.2) is 0 Å². The first-order valence-corrected chi connectivity index (χ1v) is 10.1. The summed E-state index contributed by atoms with van der Waals surface area (Å²) < 4.78 is 0. The number of para-hydroxylation sites is 1. The molecule has 4 saturated carbocycles. The Morgan fingerprint density at radius 2 is 1.72 bits per heavy atom. The highest BCUT2D eigenvalue weighted by Crippen LogP contribution is 2.52. The molecule has 3 N–H and O–H groups in total. The molecule has 4 bridgehead atoms. The van der Waals surface area contributed by atoms with Crippen LogP contribution in [-0.4, -0.2) is 22.9 Å². The average Bonchev–Trinajstić information content (AvgIpc) is 2.92. The summed E-state index contributed by atoms with van der Waals surface area (Å²) in [5.74, 6) is 4.00. The SMILES string of the molecule is Cc1[nH]c2ccccc2c1C(=O)[C@H](C)[NH2+]C1C2CC3CC(C2)CC1C3. The van der Waals surface area contributed by atoms with Crippen LogP contribution in [0.15, 0.2) is 24.3 Å². The fourth-order valence-electron chi connectivity index (χ4n) is 6.52. The summed E-state index contributed by atoms with van der Waals surface area (Å²) >= 11 is 0. The Hall–Kier alpha value is -1.61. The van der Waals surface area contributed by atoms with Crippen molar-refractivity contribution in [3.63, 3.8) is 0 Å². The van der Waals surface area contributed by atoms with Crippen molar-refractivity contribution in [1.82, 2.24) is 4.98 Å². The van der Waals surface area contributed by atoms with Gasteiger partial charge in [0.15, 0.2) is 0 Å². The number of H-pyrrole nitrogens is 1. The first-order chi connectivity index (χ1) is 12.1. The lowest BCUT2D eigenvalue weighted by Gasteiger charge is -2.53. The molecule has 2 aromatic rings. The second-order valence-corrected chi connectivity index (χ2v) is 9.02. The van der Waals surface area contributed by atoms with Gasteiger partial charge in [0.2, 0.25) is 5.78 Å². The van der Waals surface area contributed by atoms with Crippen molar-refractivity contribution >= 4 is 16.7 Å². The number of quaternary nitrogens is 1. The maximum Gasteiger partial charge on any atom is 0.221 e. The highest BCUT2D eigenvalue weighted by atomic mass is 16.1. The molecule has 0 aliphatic heterocycles. The number of aromatic nitrogens is 1. The number of Topliss-reactive ketones (excluding diaryl/α,β-unsaturated/α-hetero) is 1. The van der Waals surface area contributed by atoms with Crippen LogP contribution in [0, 0.1) is 30.6 Å². The highest BCUT2D eigenvalue weighted by Gasteiger charge is 2.50. The fourth-order valence-corrected chi connectivity index (χ4v) is 6.52. The molecule has 1 heterocycles. The van der Waals surface area contributed by atoms with Gasteiger partial charge >= 0.3 is 0 Å². The predicted molar refractivity (Wildman–Crippen MR) is 99.6 cm³/mol. The van der Waals surface area contributed by atoms with Gasteiger partial charge in [-0.05, 0) is 63.9 Å². The van der Waals surface area contributed by atoms with Crippen molar-refractivity contribution in [2.75, 3.05) is 0 Å². The molecular formula is C22H29N2O+. The molecule has 132 valence electrons. The molecule has 1 atom stereocenters. The van der Waals surface area contributed by atoms with Gasteiger partial charge in [0.25, 0.3) is 0 Å². The van der Waals surface area contributed by atoms with E-state index in [0.717, 1.165) is 45.8 Å². The molecule has 0 spiro atoms. The second kappa shape index (κ2) is 5.70. The zero-order valence-corrected chi connectivity index (χ0v) is 15.3. The number of carbonyl (C=O) groups excluding carboxylic acids is 1. The molecule has 0 amide bonds. The van der Waals surface area contributed by atoms with E-state index >= 15 is 0 Å². The summed E-state index contributed by atoms with van der Waals surface area (Å²) in [6.07, 6.45) is 7.16. The molecule has 4 aliphatic rings. The minimum absolute atomic E-state index is 0.0143. The quantitative estimate of drug-likeness (QED) is 0.825. The minimum Gasteiger partial charge on any atom is -0.358 e. The van der Waals surface area contributed by atoms with Gasteiger partial charge in [-0.2, -0.15) is 0 Å². The number of nitrogens with two attached hydrogens (primary N) is 1. The molecule has 0 radical (unpaired) electrons. The molecule has 25 heavy (non-hydrogen) atoms. The molecular weight excluding hydrogens is 308 g/mol. The topological polar surface area (TPSA) is 49.5 Å². The van der Waals surface area contributed by atoms with Gasteiger partial charge in [0.05, 0.1) is 11.6 Å². The third kappa shape index (κ3) is 2.47. The molecule has 4 fully saturated rings. The third-order valence-electron chi connectivity index (χ3n) is 7.36. The molecule has 1 aromatic heterocycles. The van der Waals surface area contributed by atoms with Crippen molar-refractivity contribution in [3.8, 4) is 0 Å². The van der Waals surface area contributed by atoms with Crippen molar-refractivity contribution in [1.29, 1.82) is 0 Å².